The van der Waals surface area contributed by atoms with Crippen molar-refractivity contribution in [2.45, 2.75) is 43.9 Å². The van der Waals surface area contributed by atoms with Gasteiger partial charge in [-0.25, -0.2) is 9.18 Å². The minimum absolute atomic E-state index is 0.0157. The summed E-state index contributed by atoms with van der Waals surface area (Å²) in [6, 6.07) is 6.28. The van der Waals surface area contributed by atoms with Crippen molar-refractivity contribution in [1.82, 2.24) is 10.2 Å². The fourth-order valence-corrected chi connectivity index (χ4v) is 4.06. The van der Waals surface area contributed by atoms with Gasteiger partial charge in [0.15, 0.2) is 0 Å². The zero-order valence-corrected chi connectivity index (χ0v) is 13.4. The SMILES string of the molecule is N#Cc1ccc(CNC(=O)N2CC3(CCCO3)C2C2CC2)cc1F. The van der Waals surface area contributed by atoms with E-state index in [1.165, 1.54) is 25.0 Å². The summed E-state index contributed by atoms with van der Waals surface area (Å²) in [5, 5.41) is 11.6. The van der Waals surface area contributed by atoms with Crippen molar-refractivity contribution in [2.24, 2.45) is 5.92 Å². The standard InChI is InChI=1S/C18H20FN3O2/c19-15-8-12(2-3-14(15)9-20)10-21-17(23)22-11-18(6-1-7-24-18)16(22)13-4-5-13/h2-3,8,13,16H,1,4-7,10-11H2,(H,21,23). The summed E-state index contributed by atoms with van der Waals surface area (Å²) in [6.45, 7) is 1.70. The molecule has 3 fully saturated rings. The number of urea groups is 1. The van der Waals surface area contributed by atoms with E-state index in [4.69, 9.17) is 10.00 Å². The monoisotopic (exact) mass is 329 g/mol. The van der Waals surface area contributed by atoms with Crippen LogP contribution in [0.1, 0.15) is 36.8 Å². The van der Waals surface area contributed by atoms with E-state index in [1.807, 2.05) is 4.90 Å². The highest BCUT2D eigenvalue weighted by Crippen LogP contribution is 2.51. The molecule has 1 N–H and O–H groups in total. The van der Waals surface area contributed by atoms with Gasteiger partial charge in [-0.3, -0.25) is 0 Å². The molecule has 2 atom stereocenters. The summed E-state index contributed by atoms with van der Waals surface area (Å²) in [6.07, 6.45) is 4.45. The third-order valence-corrected chi connectivity index (χ3v) is 5.37. The zero-order valence-electron chi connectivity index (χ0n) is 13.4. The molecule has 2 unspecified atom stereocenters. The molecule has 1 saturated carbocycles. The minimum atomic E-state index is -0.553. The lowest BCUT2D eigenvalue weighted by molar-refractivity contribution is -0.147. The number of nitrogens with one attached hydrogen (secondary N) is 1. The highest BCUT2D eigenvalue weighted by Gasteiger charge is 2.61. The van der Waals surface area contributed by atoms with Gasteiger partial charge in [0.2, 0.25) is 0 Å². The van der Waals surface area contributed by atoms with E-state index in [1.54, 1.807) is 12.1 Å². The maximum absolute atomic E-state index is 13.6. The number of hydrogen-bond acceptors (Lipinski definition) is 3. The molecule has 2 amide bonds. The Morgan fingerprint density at radius 2 is 2.33 bits per heavy atom. The van der Waals surface area contributed by atoms with E-state index >= 15 is 0 Å². The van der Waals surface area contributed by atoms with Crippen LogP contribution in [-0.2, 0) is 11.3 Å². The highest BCUT2D eigenvalue weighted by atomic mass is 19.1. The average Bonchev–Trinajstić information content (AvgIpc) is 3.24. The number of halogens is 1. The van der Waals surface area contributed by atoms with Crippen LogP contribution in [-0.4, -0.2) is 35.7 Å². The fourth-order valence-electron chi connectivity index (χ4n) is 4.06. The number of carbonyl (C=O) groups excluding carboxylic acids is 1. The van der Waals surface area contributed by atoms with Crippen LogP contribution >= 0.6 is 0 Å². The first-order chi connectivity index (χ1) is 11.6. The number of nitrogens with zero attached hydrogens (tertiary/aromatic N) is 2. The molecule has 2 heterocycles. The lowest BCUT2D eigenvalue weighted by Crippen LogP contribution is -2.73. The van der Waals surface area contributed by atoms with E-state index < -0.39 is 5.82 Å². The van der Waals surface area contributed by atoms with Crippen molar-refractivity contribution < 1.29 is 13.9 Å². The van der Waals surface area contributed by atoms with Gasteiger partial charge in [-0.15, -0.1) is 0 Å². The molecule has 126 valence electrons. The molecule has 2 aliphatic heterocycles. The number of amides is 2. The molecule has 1 aromatic carbocycles. The summed E-state index contributed by atoms with van der Waals surface area (Å²) in [5.41, 5.74) is 0.552. The number of rotatable bonds is 3. The fraction of sp³-hybridized carbons (Fsp3) is 0.556. The smallest absolute Gasteiger partial charge is 0.318 e. The van der Waals surface area contributed by atoms with Crippen LogP contribution in [0, 0.1) is 23.1 Å². The Morgan fingerprint density at radius 3 is 2.96 bits per heavy atom. The van der Waals surface area contributed by atoms with E-state index in [0.717, 1.165) is 19.4 Å². The normalized spacial score (nSPS) is 28.5. The predicted molar refractivity (Wildman–Crippen MR) is 84.5 cm³/mol. The first kappa shape index (κ1) is 15.4. The molecule has 3 aliphatic rings. The molecule has 1 aliphatic carbocycles. The van der Waals surface area contributed by atoms with Gasteiger partial charge in [-0.05, 0) is 49.3 Å². The Balaban J connectivity index is 1.38. The van der Waals surface area contributed by atoms with Crippen molar-refractivity contribution >= 4 is 6.03 Å². The van der Waals surface area contributed by atoms with Crippen LogP contribution in [0.15, 0.2) is 18.2 Å². The molecular weight excluding hydrogens is 309 g/mol. The van der Waals surface area contributed by atoms with Gasteiger partial charge < -0.3 is 15.0 Å². The summed E-state index contributed by atoms with van der Waals surface area (Å²) < 4.78 is 19.6. The third-order valence-electron chi connectivity index (χ3n) is 5.37. The van der Waals surface area contributed by atoms with Gasteiger partial charge in [-0.1, -0.05) is 6.07 Å². The molecule has 0 bridgehead atoms. The van der Waals surface area contributed by atoms with E-state index in [-0.39, 0.29) is 29.8 Å². The molecule has 1 aromatic rings. The second-order valence-electron chi connectivity index (χ2n) is 7.01. The van der Waals surface area contributed by atoms with Crippen LogP contribution in [0.25, 0.3) is 0 Å². The van der Waals surface area contributed by atoms with Crippen molar-refractivity contribution in [1.29, 1.82) is 5.26 Å². The summed E-state index contributed by atoms with van der Waals surface area (Å²) in [5.74, 6) is 0.0114. The van der Waals surface area contributed by atoms with Gasteiger partial charge in [0.05, 0.1) is 18.2 Å². The second kappa shape index (κ2) is 5.75. The van der Waals surface area contributed by atoms with Crippen LogP contribution in [0.3, 0.4) is 0 Å². The van der Waals surface area contributed by atoms with Crippen LogP contribution in [0.5, 0.6) is 0 Å². The Bertz CT molecular complexity index is 705. The molecule has 4 rings (SSSR count). The maximum atomic E-state index is 13.6. The minimum Gasteiger partial charge on any atom is -0.371 e. The number of likely N-dealkylation sites (tertiary alicyclic amines) is 1. The van der Waals surface area contributed by atoms with Crippen molar-refractivity contribution in [3.8, 4) is 6.07 Å². The Morgan fingerprint density at radius 1 is 1.50 bits per heavy atom. The third kappa shape index (κ3) is 2.53. The van der Waals surface area contributed by atoms with Gasteiger partial charge in [0.25, 0.3) is 0 Å². The molecule has 2 saturated heterocycles. The molecule has 0 aromatic heterocycles. The zero-order chi connectivity index (χ0) is 16.7. The average molecular weight is 329 g/mol. The van der Waals surface area contributed by atoms with E-state index in [9.17, 15) is 9.18 Å². The quantitative estimate of drug-likeness (QED) is 0.927. The highest BCUT2D eigenvalue weighted by molar-refractivity contribution is 5.76. The Labute approximate surface area is 140 Å². The van der Waals surface area contributed by atoms with Gasteiger partial charge in [0, 0.05) is 13.2 Å². The Hall–Kier alpha value is -2.13. The van der Waals surface area contributed by atoms with Crippen LogP contribution < -0.4 is 5.32 Å². The molecule has 1 spiro atoms. The lowest BCUT2D eigenvalue weighted by atomic mass is 9.78. The Kier molecular flexibility index (Phi) is 3.69. The van der Waals surface area contributed by atoms with E-state index in [2.05, 4.69) is 5.32 Å². The molecule has 6 heteroatoms. The van der Waals surface area contributed by atoms with Crippen molar-refractivity contribution in [2.75, 3.05) is 13.2 Å². The number of nitriles is 1. The van der Waals surface area contributed by atoms with E-state index in [0.29, 0.717) is 18.0 Å². The molecule has 0 radical (unpaired) electrons. The van der Waals surface area contributed by atoms with Crippen LogP contribution in [0.4, 0.5) is 9.18 Å². The first-order valence-corrected chi connectivity index (χ1v) is 8.50. The van der Waals surface area contributed by atoms with Gasteiger partial charge >= 0.3 is 6.03 Å². The topological polar surface area (TPSA) is 65.4 Å². The molecular formula is C18H20FN3O2. The van der Waals surface area contributed by atoms with Crippen molar-refractivity contribution in [3.63, 3.8) is 0 Å². The number of ether oxygens (including phenoxy) is 1. The molecule has 5 nitrogen and oxygen atoms in total. The van der Waals surface area contributed by atoms with Crippen LogP contribution in [0.2, 0.25) is 0 Å². The molecule has 24 heavy (non-hydrogen) atoms. The first-order valence-electron chi connectivity index (χ1n) is 8.50. The largest absolute Gasteiger partial charge is 0.371 e. The number of hydrogen-bond donors (Lipinski definition) is 1. The predicted octanol–water partition coefficient (Wildman–Crippen LogP) is 2.55. The van der Waals surface area contributed by atoms with Gasteiger partial charge in [-0.2, -0.15) is 5.26 Å². The van der Waals surface area contributed by atoms with Crippen molar-refractivity contribution in [3.05, 3.63) is 35.1 Å². The number of benzene rings is 1. The summed E-state index contributed by atoms with van der Waals surface area (Å²) in [7, 11) is 0. The summed E-state index contributed by atoms with van der Waals surface area (Å²) >= 11 is 0. The maximum Gasteiger partial charge on any atom is 0.318 e. The lowest BCUT2D eigenvalue weighted by Gasteiger charge is -2.55. The number of carbonyl (C=O) groups is 1. The summed E-state index contributed by atoms with van der Waals surface area (Å²) in [4.78, 5) is 14.4. The second-order valence-corrected chi connectivity index (χ2v) is 7.01. The van der Waals surface area contributed by atoms with Gasteiger partial charge in [0.1, 0.15) is 17.5 Å².